The zero-order valence-corrected chi connectivity index (χ0v) is 13.7. The van der Waals surface area contributed by atoms with Crippen molar-refractivity contribution in [2.75, 3.05) is 26.2 Å². The van der Waals surface area contributed by atoms with E-state index in [1.807, 2.05) is 13.8 Å². The van der Waals surface area contributed by atoms with Gasteiger partial charge in [0.15, 0.2) is 0 Å². The number of hydrogen-bond donors (Lipinski definition) is 2. The highest BCUT2D eigenvalue weighted by atomic mass is 16.1. The van der Waals surface area contributed by atoms with Crippen LogP contribution in [0.4, 0.5) is 0 Å². The van der Waals surface area contributed by atoms with E-state index in [4.69, 9.17) is 0 Å². The predicted molar refractivity (Wildman–Crippen MR) is 84.8 cm³/mol. The van der Waals surface area contributed by atoms with E-state index in [0.29, 0.717) is 12.5 Å². The largest absolute Gasteiger partial charge is 0.354 e. The van der Waals surface area contributed by atoms with Gasteiger partial charge in [0.25, 0.3) is 0 Å². The predicted octanol–water partition coefficient (Wildman–Crippen LogP) is 2.00. The first kappa shape index (κ1) is 17.4. The number of piperidine rings is 1. The summed E-state index contributed by atoms with van der Waals surface area (Å²) in [5.74, 6) is 0.905. The number of carbonyl (C=O) groups excluding carboxylic acids is 1. The highest BCUT2D eigenvalue weighted by Crippen LogP contribution is 2.20. The molecule has 0 bridgehead atoms. The van der Waals surface area contributed by atoms with Crippen LogP contribution in [0.5, 0.6) is 0 Å². The lowest BCUT2D eigenvalue weighted by Gasteiger charge is -2.38. The second kappa shape index (κ2) is 9.35. The smallest absolute Gasteiger partial charge is 0.221 e. The molecule has 0 aromatic carbocycles. The van der Waals surface area contributed by atoms with Gasteiger partial charge in [-0.3, -0.25) is 4.79 Å². The van der Waals surface area contributed by atoms with E-state index in [9.17, 15) is 4.79 Å². The van der Waals surface area contributed by atoms with Crippen molar-refractivity contribution in [3.05, 3.63) is 0 Å². The fourth-order valence-corrected chi connectivity index (χ4v) is 2.98. The van der Waals surface area contributed by atoms with Crippen LogP contribution in [0.2, 0.25) is 0 Å². The van der Waals surface area contributed by atoms with Crippen LogP contribution in [-0.4, -0.2) is 49.1 Å². The number of rotatable bonds is 8. The van der Waals surface area contributed by atoms with Gasteiger partial charge in [-0.2, -0.15) is 0 Å². The first-order valence-corrected chi connectivity index (χ1v) is 8.31. The molecular formula is C16H33N3O. The second-order valence-corrected chi connectivity index (χ2v) is 6.29. The minimum absolute atomic E-state index is 0.180. The van der Waals surface area contributed by atoms with Crippen LogP contribution in [0.1, 0.15) is 53.4 Å². The Morgan fingerprint density at radius 3 is 2.70 bits per heavy atom. The molecule has 118 valence electrons. The fraction of sp³-hybridized carbons (Fsp3) is 0.938. The Kier molecular flexibility index (Phi) is 8.15. The molecule has 4 heteroatoms. The van der Waals surface area contributed by atoms with Crippen molar-refractivity contribution < 1.29 is 4.79 Å². The number of hydrogen-bond acceptors (Lipinski definition) is 3. The van der Waals surface area contributed by atoms with E-state index in [2.05, 4.69) is 29.4 Å². The molecule has 0 spiro atoms. The first-order valence-electron chi connectivity index (χ1n) is 8.31. The summed E-state index contributed by atoms with van der Waals surface area (Å²) in [5, 5.41) is 6.64. The van der Waals surface area contributed by atoms with Gasteiger partial charge in [-0.1, -0.05) is 20.3 Å². The lowest BCUT2D eigenvalue weighted by Crippen LogP contribution is -2.50. The lowest BCUT2D eigenvalue weighted by atomic mass is 9.89. The molecule has 1 fully saturated rings. The summed E-state index contributed by atoms with van der Waals surface area (Å²) in [6.07, 6.45) is 4.26. The Morgan fingerprint density at radius 1 is 1.35 bits per heavy atom. The van der Waals surface area contributed by atoms with Crippen LogP contribution in [-0.2, 0) is 4.79 Å². The van der Waals surface area contributed by atoms with Crippen molar-refractivity contribution in [3.8, 4) is 0 Å². The number of nitrogens with zero attached hydrogens (tertiary/aromatic N) is 1. The molecule has 0 aromatic rings. The molecule has 0 radical (unpaired) electrons. The van der Waals surface area contributed by atoms with Crippen LogP contribution in [0, 0.1) is 5.92 Å². The number of likely N-dealkylation sites (tertiary alicyclic amines) is 1. The summed E-state index contributed by atoms with van der Waals surface area (Å²) in [6.45, 7) is 12.8. The number of nitrogens with one attached hydrogen (secondary N) is 2. The minimum atomic E-state index is 0.180. The van der Waals surface area contributed by atoms with Crippen molar-refractivity contribution in [2.45, 2.75) is 65.5 Å². The summed E-state index contributed by atoms with van der Waals surface area (Å²) in [6, 6.07) is 0.913. The lowest BCUT2D eigenvalue weighted by molar-refractivity contribution is -0.122. The molecule has 2 atom stereocenters. The van der Waals surface area contributed by atoms with Gasteiger partial charge < -0.3 is 15.5 Å². The molecule has 0 aliphatic carbocycles. The van der Waals surface area contributed by atoms with Crippen LogP contribution >= 0.6 is 0 Å². The molecule has 1 saturated heterocycles. The highest BCUT2D eigenvalue weighted by molar-refractivity contribution is 5.76. The van der Waals surface area contributed by atoms with E-state index in [1.54, 1.807) is 0 Å². The summed E-state index contributed by atoms with van der Waals surface area (Å²) < 4.78 is 0. The topological polar surface area (TPSA) is 44.4 Å². The van der Waals surface area contributed by atoms with Gasteiger partial charge in [0.05, 0.1) is 0 Å². The molecule has 1 aliphatic heterocycles. The zero-order valence-electron chi connectivity index (χ0n) is 13.7. The van der Waals surface area contributed by atoms with E-state index in [-0.39, 0.29) is 11.9 Å². The van der Waals surface area contributed by atoms with Gasteiger partial charge >= 0.3 is 0 Å². The Morgan fingerprint density at radius 2 is 2.10 bits per heavy atom. The standard InChI is InChI=1S/C16H33N3O/c1-5-9-17-15-7-10-19(12-14(15)6-2)11-8-16(20)18-13(3)4/h13-15,17H,5-12H2,1-4H3,(H,18,20). The molecule has 1 amide bonds. The monoisotopic (exact) mass is 283 g/mol. The van der Waals surface area contributed by atoms with Gasteiger partial charge in [0.2, 0.25) is 5.91 Å². The van der Waals surface area contributed by atoms with E-state index >= 15 is 0 Å². The van der Waals surface area contributed by atoms with Crippen LogP contribution < -0.4 is 10.6 Å². The normalized spacial score (nSPS) is 24.1. The Bertz CT molecular complexity index is 281. The van der Waals surface area contributed by atoms with Crippen molar-refractivity contribution in [1.29, 1.82) is 0 Å². The third-order valence-corrected chi connectivity index (χ3v) is 4.10. The van der Waals surface area contributed by atoms with E-state index < -0.39 is 0 Å². The maximum atomic E-state index is 11.7. The van der Waals surface area contributed by atoms with E-state index in [1.165, 1.54) is 19.3 Å². The van der Waals surface area contributed by atoms with Crippen LogP contribution in [0.25, 0.3) is 0 Å². The van der Waals surface area contributed by atoms with Gasteiger partial charge in [-0.05, 0) is 45.7 Å². The Labute approximate surface area is 124 Å². The quantitative estimate of drug-likeness (QED) is 0.716. The molecule has 4 nitrogen and oxygen atoms in total. The summed E-state index contributed by atoms with van der Waals surface area (Å²) in [5.41, 5.74) is 0. The molecule has 1 heterocycles. The highest BCUT2D eigenvalue weighted by Gasteiger charge is 2.27. The fourth-order valence-electron chi connectivity index (χ4n) is 2.98. The number of carbonyl (C=O) groups is 1. The van der Waals surface area contributed by atoms with Crippen LogP contribution in [0.15, 0.2) is 0 Å². The summed E-state index contributed by atoms with van der Waals surface area (Å²) in [4.78, 5) is 14.2. The average molecular weight is 283 g/mol. The Balaban J connectivity index is 2.31. The molecule has 2 N–H and O–H groups in total. The molecule has 2 unspecified atom stereocenters. The van der Waals surface area contributed by atoms with Gasteiger partial charge in [-0.15, -0.1) is 0 Å². The summed E-state index contributed by atoms with van der Waals surface area (Å²) >= 11 is 0. The van der Waals surface area contributed by atoms with Gasteiger partial charge in [-0.25, -0.2) is 0 Å². The van der Waals surface area contributed by atoms with Crippen LogP contribution in [0.3, 0.4) is 0 Å². The molecule has 0 saturated carbocycles. The average Bonchev–Trinajstić information content (AvgIpc) is 2.42. The van der Waals surface area contributed by atoms with Crippen molar-refractivity contribution in [3.63, 3.8) is 0 Å². The van der Waals surface area contributed by atoms with Crippen molar-refractivity contribution in [1.82, 2.24) is 15.5 Å². The van der Waals surface area contributed by atoms with Gasteiger partial charge in [0.1, 0.15) is 0 Å². The maximum absolute atomic E-state index is 11.7. The second-order valence-electron chi connectivity index (χ2n) is 6.29. The third kappa shape index (κ3) is 6.23. The molecule has 1 rings (SSSR count). The molecule has 20 heavy (non-hydrogen) atoms. The van der Waals surface area contributed by atoms with Gasteiger partial charge in [0, 0.05) is 31.6 Å². The van der Waals surface area contributed by atoms with E-state index in [0.717, 1.165) is 32.1 Å². The first-order chi connectivity index (χ1) is 9.56. The third-order valence-electron chi connectivity index (χ3n) is 4.10. The molecular weight excluding hydrogens is 250 g/mol. The molecule has 0 aromatic heterocycles. The molecule has 1 aliphatic rings. The Hall–Kier alpha value is -0.610. The zero-order chi connectivity index (χ0) is 15.0. The van der Waals surface area contributed by atoms with Crippen molar-refractivity contribution >= 4 is 5.91 Å². The maximum Gasteiger partial charge on any atom is 0.221 e. The van der Waals surface area contributed by atoms with Crippen molar-refractivity contribution in [2.24, 2.45) is 5.92 Å². The minimum Gasteiger partial charge on any atom is -0.354 e. The summed E-state index contributed by atoms with van der Waals surface area (Å²) in [7, 11) is 0. The SMILES string of the molecule is CCCNC1CCN(CCC(=O)NC(C)C)CC1CC. The number of amides is 1.